The number of aromatic nitrogens is 2. The Morgan fingerprint density at radius 1 is 1.50 bits per heavy atom. The van der Waals surface area contributed by atoms with Gasteiger partial charge in [0, 0.05) is 23.4 Å². The zero-order chi connectivity index (χ0) is 16.1. The lowest BCUT2D eigenvalue weighted by molar-refractivity contribution is -0.120. The smallest absolute Gasteiger partial charge is 0.241 e. The van der Waals surface area contributed by atoms with E-state index in [0.717, 1.165) is 24.0 Å². The molecule has 0 saturated heterocycles. The largest absolute Gasteiger partial charge is 0.493 e. The van der Waals surface area contributed by atoms with Crippen LogP contribution in [0.2, 0.25) is 0 Å². The number of rotatable bonds is 7. The molecule has 2 rings (SSSR count). The molecule has 1 heterocycles. The summed E-state index contributed by atoms with van der Waals surface area (Å²) in [6, 6.07) is 3.84. The van der Waals surface area contributed by atoms with Crippen molar-refractivity contribution in [3.63, 3.8) is 0 Å². The van der Waals surface area contributed by atoms with E-state index in [1.165, 1.54) is 16.8 Å². The van der Waals surface area contributed by atoms with Gasteiger partial charge in [-0.2, -0.15) is 5.10 Å². The first-order valence-corrected chi connectivity index (χ1v) is 7.29. The number of hydrogen-bond acceptors (Lipinski definition) is 3. The highest BCUT2D eigenvalue weighted by Crippen LogP contribution is 2.31. The van der Waals surface area contributed by atoms with Crippen molar-refractivity contribution >= 4 is 5.91 Å². The van der Waals surface area contributed by atoms with Gasteiger partial charge in [-0.15, -0.1) is 0 Å². The molecule has 0 bridgehead atoms. The summed E-state index contributed by atoms with van der Waals surface area (Å²) in [5, 5.41) is 4.14. The summed E-state index contributed by atoms with van der Waals surface area (Å²) in [5.41, 5.74) is 6.76. The number of nitrogens with two attached hydrogens (primary N) is 1. The lowest BCUT2D eigenvalue weighted by Gasteiger charge is -2.10. The van der Waals surface area contributed by atoms with Gasteiger partial charge in [0.05, 0.1) is 12.8 Å². The van der Waals surface area contributed by atoms with Gasteiger partial charge in [0.25, 0.3) is 0 Å². The zero-order valence-corrected chi connectivity index (χ0v) is 12.8. The first-order valence-electron chi connectivity index (χ1n) is 7.29. The Hall–Kier alpha value is -2.37. The Morgan fingerprint density at radius 3 is 2.95 bits per heavy atom. The van der Waals surface area contributed by atoms with Crippen molar-refractivity contribution in [1.82, 2.24) is 9.78 Å². The van der Waals surface area contributed by atoms with Crippen molar-refractivity contribution in [2.45, 2.75) is 32.7 Å². The minimum Gasteiger partial charge on any atom is -0.493 e. The SMILES string of the molecule is CCCCOc1cc(F)ccc1-c1cnn(C(C)C(N)=O)c1. The quantitative estimate of drug-likeness (QED) is 0.800. The van der Waals surface area contributed by atoms with E-state index in [4.69, 9.17) is 10.5 Å². The van der Waals surface area contributed by atoms with E-state index < -0.39 is 11.9 Å². The van der Waals surface area contributed by atoms with Crippen LogP contribution in [0.25, 0.3) is 11.1 Å². The molecule has 1 atom stereocenters. The van der Waals surface area contributed by atoms with Gasteiger partial charge in [-0.1, -0.05) is 13.3 Å². The molecule has 118 valence electrons. The molecule has 0 saturated carbocycles. The molecule has 0 radical (unpaired) electrons. The summed E-state index contributed by atoms with van der Waals surface area (Å²) in [6.07, 6.45) is 5.21. The first kappa shape index (κ1) is 16.0. The number of halogens is 1. The minimum atomic E-state index is -0.543. The highest BCUT2D eigenvalue weighted by molar-refractivity contribution is 5.78. The minimum absolute atomic E-state index is 0.354. The highest BCUT2D eigenvalue weighted by atomic mass is 19.1. The van der Waals surface area contributed by atoms with Gasteiger partial charge >= 0.3 is 0 Å². The van der Waals surface area contributed by atoms with Gasteiger partial charge in [-0.3, -0.25) is 9.48 Å². The molecule has 2 N–H and O–H groups in total. The molecule has 1 aromatic carbocycles. The summed E-state index contributed by atoms with van der Waals surface area (Å²) in [4.78, 5) is 11.2. The van der Waals surface area contributed by atoms with Crippen molar-refractivity contribution in [3.05, 3.63) is 36.4 Å². The van der Waals surface area contributed by atoms with Crippen LogP contribution >= 0.6 is 0 Å². The predicted octanol–water partition coefficient (Wildman–Crippen LogP) is 2.91. The highest BCUT2D eigenvalue weighted by Gasteiger charge is 2.15. The Bertz CT molecular complexity index is 655. The summed E-state index contributed by atoms with van der Waals surface area (Å²) in [6.45, 7) is 4.26. The summed E-state index contributed by atoms with van der Waals surface area (Å²) in [7, 11) is 0. The number of amides is 1. The van der Waals surface area contributed by atoms with Gasteiger partial charge in [-0.05, 0) is 25.5 Å². The molecule has 0 aliphatic heterocycles. The number of hydrogen-bond donors (Lipinski definition) is 1. The number of carbonyl (C=O) groups is 1. The lowest BCUT2D eigenvalue weighted by atomic mass is 10.1. The topological polar surface area (TPSA) is 70.1 Å². The van der Waals surface area contributed by atoms with E-state index in [0.29, 0.717) is 12.4 Å². The van der Waals surface area contributed by atoms with E-state index in [9.17, 15) is 9.18 Å². The number of carbonyl (C=O) groups excluding carboxylic acids is 1. The van der Waals surface area contributed by atoms with Crippen molar-refractivity contribution in [3.8, 4) is 16.9 Å². The zero-order valence-electron chi connectivity index (χ0n) is 12.8. The van der Waals surface area contributed by atoms with Crippen LogP contribution in [0.1, 0.15) is 32.7 Å². The van der Waals surface area contributed by atoms with Crippen LogP contribution in [-0.4, -0.2) is 22.3 Å². The van der Waals surface area contributed by atoms with Crippen molar-refractivity contribution in [2.24, 2.45) is 5.73 Å². The van der Waals surface area contributed by atoms with E-state index in [2.05, 4.69) is 12.0 Å². The Balaban J connectivity index is 2.29. The second kappa shape index (κ2) is 7.06. The van der Waals surface area contributed by atoms with E-state index >= 15 is 0 Å². The average molecular weight is 305 g/mol. The molecule has 0 aliphatic rings. The maximum atomic E-state index is 13.4. The summed E-state index contributed by atoms with van der Waals surface area (Å²) < 4.78 is 20.6. The lowest BCUT2D eigenvalue weighted by Crippen LogP contribution is -2.24. The van der Waals surface area contributed by atoms with Crippen molar-refractivity contribution < 1.29 is 13.9 Å². The molecule has 2 aromatic rings. The molecule has 0 fully saturated rings. The summed E-state index contributed by atoms with van der Waals surface area (Å²) >= 11 is 0. The number of nitrogens with zero attached hydrogens (tertiary/aromatic N) is 2. The fourth-order valence-corrected chi connectivity index (χ4v) is 2.00. The number of ether oxygens (including phenoxy) is 1. The van der Waals surface area contributed by atoms with Gasteiger partial charge in [0.2, 0.25) is 5.91 Å². The van der Waals surface area contributed by atoms with E-state index in [1.54, 1.807) is 25.4 Å². The fraction of sp³-hybridized carbons (Fsp3) is 0.375. The molecule has 1 aromatic heterocycles. The van der Waals surface area contributed by atoms with E-state index in [-0.39, 0.29) is 5.82 Å². The van der Waals surface area contributed by atoms with Gasteiger partial charge < -0.3 is 10.5 Å². The molecule has 6 heteroatoms. The van der Waals surface area contributed by atoms with E-state index in [1.807, 2.05) is 0 Å². The van der Waals surface area contributed by atoms with Crippen LogP contribution in [0, 0.1) is 5.82 Å². The maximum Gasteiger partial charge on any atom is 0.241 e. The molecule has 0 aliphatic carbocycles. The molecule has 1 unspecified atom stereocenters. The predicted molar refractivity (Wildman–Crippen MR) is 81.9 cm³/mol. The van der Waals surface area contributed by atoms with Gasteiger partial charge in [0.1, 0.15) is 17.6 Å². The third kappa shape index (κ3) is 3.63. The normalized spacial score (nSPS) is 12.1. The first-order chi connectivity index (χ1) is 10.5. The fourth-order valence-electron chi connectivity index (χ4n) is 2.00. The second-order valence-corrected chi connectivity index (χ2v) is 5.13. The van der Waals surface area contributed by atoms with Crippen LogP contribution in [0.3, 0.4) is 0 Å². The van der Waals surface area contributed by atoms with Crippen LogP contribution in [0.5, 0.6) is 5.75 Å². The van der Waals surface area contributed by atoms with Crippen molar-refractivity contribution in [2.75, 3.05) is 6.61 Å². The van der Waals surface area contributed by atoms with Crippen LogP contribution in [0.15, 0.2) is 30.6 Å². The summed E-state index contributed by atoms with van der Waals surface area (Å²) in [5.74, 6) is -0.346. The third-order valence-corrected chi connectivity index (χ3v) is 3.42. The van der Waals surface area contributed by atoms with Crippen LogP contribution in [-0.2, 0) is 4.79 Å². The van der Waals surface area contributed by atoms with Crippen LogP contribution in [0.4, 0.5) is 4.39 Å². The Kier molecular flexibility index (Phi) is 5.14. The standard InChI is InChI=1S/C16H20FN3O2/c1-3-4-7-22-15-8-13(17)5-6-14(15)12-9-19-20(10-12)11(2)16(18)21/h5-6,8-11H,3-4,7H2,1-2H3,(H2,18,21). The maximum absolute atomic E-state index is 13.4. The molecular formula is C16H20FN3O2. The third-order valence-electron chi connectivity index (χ3n) is 3.42. The second-order valence-electron chi connectivity index (χ2n) is 5.13. The molecule has 0 spiro atoms. The Morgan fingerprint density at radius 2 is 2.27 bits per heavy atom. The monoisotopic (exact) mass is 305 g/mol. The Labute approximate surface area is 128 Å². The average Bonchev–Trinajstić information content (AvgIpc) is 2.96. The number of unbranched alkanes of at least 4 members (excludes halogenated alkanes) is 1. The van der Waals surface area contributed by atoms with Crippen molar-refractivity contribution in [1.29, 1.82) is 0 Å². The molecule has 1 amide bonds. The van der Waals surface area contributed by atoms with Gasteiger partial charge in [0.15, 0.2) is 0 Å². The molecule has 5 nitrogen and oxygen atoms in total. The molecule has 22 heavy (non-hydrogen) atoms. The number of primary amides is 1. The number of benzene rings is 1. The van der Waals surface area contributed by atoms with Gasteiger partial charge in [-0.25, -0.2) is 4.39 Å². The van der Waals surface area contributed by atoms with Crippen LogP contribution < -0.4 is 10.5 Å². The molecular weight excluding hydrogens is 285 g/mol.